The molecule has 0 bridgehead atoms. The lowest BCUT2D eigenvalue weighted by atomic mass is 10.1. The molecule has 0 radical (unpaired) electrons. The molecule has 0 aromatic rings. The molecule has 90 valence electrons. The van der Waals surface area contributed by atoms with Crippen molar-refractivity contribution in [3.8, 4) is 0 Å². The second kappa shape index (κ2) is 5.80. The van der Waals surface area contributed by atoms with Crippen LogP contribution >= 0.6 is 0 Å². The molecule has 2 N–H and O–H groups in total. The van der Waals surface area contributed by atoms with Crippen molar-refractivity contribution in [2.75, 3.05) is 19.8 Å². The van der Waals surface area contributed by atoms with Crippen molar-refractivity contribution in [2.45, 2.75) is 51.5 Å². The molecule has 1 fully saturated rings. The van der Waals surface area contributed by atoms with Gasteiger partial charge in [0.15, 0.2) is 5.79 Å². The summed E-state index contributed by atoms with van der Waals surface area (Å²) in [6, 6.07) is 0.669. The zero-order chi connectivity index (χ0) is 11.3. The molecular formula is C11H23NO3. The lowest BCUT2D eigenvalue weighted by Crippen LogP contribution is -2.50. The highest BCUT2D eigenvalue weighted by Crippen LogP contribution is 2.17. The van der Waals surface area contributed by atoms with E-state index in [1.807, 2.05) is 13.8 Å². The van der Waals surface area contributed by atoms with E-state index in [1.165, 1.54) is 0 Å². The first kappa shape index (κ1) is 12.9. The molecular weight excluding hydrogens is 194 g/mol. The molecule has 0 amide bonds. The van der Waals surface area contributed by atoms with E-state index in [0.717, 1.165) is 12.8 Å². The molecule has 4 heteroatoms. The fourth-order valence-corrected chi connectivity index (χ4v) is 1.67. The van der Waals surface area contributed by atoms with E-state index in [0.29, 0.717) is 19.3 Å². The molecule has 0 aromatic heterocycles. The van der Waals surface area contributed by atoms with Crippen molar-refractivity contribution in [3.63, 3.8) is 0 Å². The van der Waals surface area contributed by atoms with Gasteiger partial charge in [-0.2, -0.15) is 0 Å². The summed E-state index contributed by atoms with van der Waals surface area (Å²) in [6.45, 7) is 7.62. The van der Waals surface area contributed by atoms with Gasteiger partial charge >= 0.3 is 0 Å². The van der Waals surface area contributed by atoms with Gasteiger partial charge in [-0.25, -0.2) is 0 Å². The lowest BCUT2D eigenvalue weighted by Gasteiger charge is -2.36. The SMILES string of the molecule is CC(CCCO)NC1COC(C)(C)OC1. The highest BCUT2D eigenvalue weighted by Gasteiger charge is 2.28. The van der Waals surface area contributed by atoms with Gasteiger partial charge in [0.05, 0.1) is 19.3 Å². The summed E-state index contributed by atoms with van der Waals surface area (Å²) < 4.78 is 11.1. The van der Waals surface area contributed by atoms with Crippen LogP contribution < -0.4 is 5.32 Å². The molecule has 0 aliphatic carbocycles. The van der Waals surface area contributed by atoms with Crippen LogP contribution in [0.15, 0.2) is 0 Å². The average molecular weight is 217 g/mol. The number of rotatable bonds is 5. The fourth-order valence-electron chi connectivity index (χ4n) is 1.67. The summed E-state index contributed by atoms with van der Waals surface area (Å²) in [4.78, 5) is 0. The van der Waals surface area contributed by atoms with Crippen LogP contribution in [0.2, 0.25) is 0 Å². The average Bonchev–Trinajstić information content (AvgIpc) is 2.18. The van der Waals surface area contributed by atoms with Crippen LogP contribution in [-0.2, 0) is 9.47 Å². The minimum Gasteiger partial charge on any atom is -0.396 e. The minimum absolute atomic E-state index is 0.261. The molecule has 1 heterocycles. The van der Waals surface area contributed by atoms with Crippen molar-refractivity contribution in [3.05, 3.63) is 0 Å². The quantitative estimate of drug-likeness (QED) is 0.718. The van der Waals surface area contributed by atoms with Gasteiger partial charge < -0.3 is 19.9 Å². The maximum atomic E-state index is 8.71. The largest absolute Gasteiger partial charge is 0.396 e. The number of aliphatic hydroxyl groups excluding tert-OH is 1. The molecule has 1 saturated heterocycles. The van der Waals surface area contributed by atoms with Crippen molar-refractivity contribution in [1.82, 2.24) is 5.32 Å². The number of hydrogen-bond donors (Lipinski definition) is 2. The fraction of sp³-hybridized carbons (Fsp3) is 1.00. The molecule has 1 unspecified atom stereocenters. The normalized spacial score (nSPS) is 24.0. The first-order valence-electron chi connectivity index (χ1n) is 5.68. The molecule has 0 aromatic carbocycles. The van der Waals surface area contributed by atoms with Gasteiger partial charge in [0.1, 0.15) is 0 Å². The van der Waals surface area contributed by atoms with Crippen molar-refractivity contribution >= 4 is 0 Å². The Balaban J connectivity index is 2.17. The topological polar surface area (TPSA) is 50.7 Å². The van der Waals surface area contributed by atoms with Crippen molar-refractivity contribution < 1.29 is 14.6 Å². The maximum Gasteiger partial charge on any atom is 0.162 e. The highest BCUT2D eigenvalue weighted by molar-refractivity contribution is 4.76. The molecule has 1 aliphatic heterocycles. The Morgan fingerprint density at radius 3 is 2.53 bits per heavy atom. The van der Waals surface area contributed by atoms with E-state index in [9.17, 15) is 0 Å². The Morgan fingerprint density at radius 1 is 1.40 bits per heavy atom. The minimum atomic E-state index is -0.438. The van der Waals surface area contributed by atoms with Gasteiger partial charge in [0, 0.05) is 12.6 Å². The van der Waals surface area contributed by atoms with Gasteiger partial charge in [-0.15, -0.1) is 0 Å². The zero-order valence-corrected chi connectivity index (χ0v) is 9.95. The first-order chi connectivity index (χ1) is 7.03. The first-order valence-corrected chi connectivity index (χ1v) is 5.68. The van der Waals surface area contributed by atoms with E-state index in [1.54, 1.807) is 0 Å². The Bertz CT molecular complexity index is 175. The summed E-state index contributed by atoms with van der Waals surface area (Å²) in [7, 11) is 0. The van der Waals surface area contributed by atoms with Gasteiger partial charge in [-0.1, -0.05) is 0 Å². The molecule has 1 rings (SSSR count). The summed E-state index contributed by atoms with van der Waals surface area (Å²) >= 11 is 0. The Labute approximate surface area is 92.0 Å². The maximum absolute atomic E-state index is 8.71. The zero-order valence-electron chi connectivity index (χ0n) is 9.95. The molecule has 1 aliphatic rings. The van der Waals surface area contributed by atoms with Gasteiger partial charge in [-0.3, -0.25) is 0 Å². The second-order valence-corrected chi connectivity index (χ2v) is 4.65. The predicted octanol–water partition coefficient (Wildman–Crippen LogP) is 0.888. The third-order valence-corrected chi connectivity index (χ3v) is 2.58. The van der Waals surface area contributed by atoms with Crippen LogP contribution in [0.4, 0.5) is 0 Å². The standard InChI is InChI=1S/C11H23NO3/c1-9(5-4-6-13)12-10-7-14-11(2,3)15-8-10/h9-10,12-13H,4-8H2,1-3H3. The van der Waals surface area contributed by atoms with Crippen molar-refractivity contribution in [2.24, 2.45) is 0 Å². The lowest BCUT2D eigenvalue weighted by molar-refractivity contribution is -0.253. The smallest absolute Gasteiger partial charge is 0.162 e. The predicted molar refractivity (Wildman–Crippen MR) is 58.7 cm³/mol. The second-order valence-electron chi connectivity index (χ2n) is 4.65. The van der Waals surface area contributed by atoms with Crippen LogP contribution in [0.25, 0.3) is 0 Å². The number of aliphatic hydroxyl groups is 1. The van der Waals surface area contributed by atoms with Gasteiger partial charge in [0.2, 0.25) is 0 Å². The van der Waals surface area contributed by atoms with Crippen LogP contribution in [-0.4, -0.2) is 42.8 Å². The number of ether oxygens (including phenoxy) is 2. The van der Waals surface area contributed by atoms with Crippen LogP contribution in [0.3, 0.4) is 0 Å². The Morgan fingerprint density at radius 2 is 2.00 bits per heavy atom. The van der Waals surface area contributed by atoms with E-state index < -0.39 is 5.79 Å². The van der Waals surface area contributed by atoms with Gasteiger partial charge in [-0.05, 0) is 33.6 Å². The van der Waals surface area contributed by atoms with Crippen LogP contribution in [0.5, 0.6) is 0 Å². The number of nitrogens with one attached hydrogen (secondary N) is 1. The monoisotopic (exact) mass is 217 g/mol. The molecule has 4 nitrogen and oxygen atoms in total. The summed E-state index contributed by atoms with van der Waals surface area (Å²) in [5.74, 6) is -0.438. The van der Waals surface area contributed by atoms with Crippen LogP contribution in [0.1, 0.15) is 33.6 Å². The molecule has 15 heavy (non-hydrogen) atoms. The van der Waals surface area contributed by atoms with E-state index in [2.05, 4.69) is 12.2 Å². The van der Waals surface area contributed by atoms with E-state index in [4.69, 9.17) is 14.6 Å². The Kier molecular flexibility index (Phi) is 4.99. The molecule has 1 atom stereocenters. The van der Waals surface area contributed by atoms with E-state index in [-0.39, 0.29) is 12.6 Å². The van der Waals surface area contributed by atoms with Crippen molar-refractivity contribution in [1.29, 1.82) is 0 Å². The third kappa shape index (κ3) is 4.93. The third-order valence-electron chi connectivity index (χ3n) is 2.58. The summed E-state index contributed by atoms with van der Waals surface area (Å²) in [6.07, 6.45) is 1.82. The molecule has 0 spiro atoms. The summed E-state index contributed by atoms with van der Waals surface area (Å²) in [5.41, 5.74) is 0. The van der Waals surface area contributed by atoms with Gasteiger partial charge in [0.25, 0.3) is 0 Å². The highest BCUT2D eigenvalue weighted by atomic mass is 16.7. The summed E-state index contributed by atoms with van der Waals surface area (Å²) in [5, 5.41) is 12.1. The van der Waals surface area contributed by atoms with Crippen LogP contribution in [0, 0.1) is 0 Å². The molecule has 0 saturated carbocycles. The van der Waals surface area contributed by atoms with E-state index >= 15 is 0 Å². The Hall–Kier alpha value is -0.160. The number of hydrogen-bond acceptors (Lipinski definition) is 4.